The average Bonchev–Trinajstić information content (AvgIpc) is 3.16. The fraction of sp³-hybridized carbons (Fsp3) is 0.450. The van der Waals surface area contributed by atoms with Crippen LogP contribution in [0.25, 0.3) is 0 Å². The Morgan fingerprint density at radius 1 is 1.31 bits per heavy atom. The Morgan fingerprint density at radius 3 is 2.83 bits per heavy atom. The number of piperidine rings is 1. The van der Waals surface area contributed by atoms with Crippen LogP contribution in [0.3, 0.4) is 0 Å². The van der Waals surface area contributed by atoms with Gasteiger partial charge in [-0.25, -0.2) is 4.98 Å². The van der Waals surface area contributed by atoms with E-state index in [2.05, 4.69) is 10.2 Å². The number of carbonyl (C=O) groups excluding carboxylic acids is 2. The highest BCUT2D eigenvalue weighted by Gasteiger charge is 2.32. The number of nitrogens with one attached hydrogen (secondary N) is 1. The number of hydrogen-bond donors (Lipinski definition) is 2. The monoisotopic (exact) mass is 416 g/mol. The molecule has 0 aliphatic carbocycles. The van der Waals surface area contributed by atoms with Gasteiger partial charge < -0.3 is 25.4 Å². The Bertz CT molecular complexity index is 923. The van der Waals surface area contributed by atoms with Crippen molar-refractivity contribution in [1.29, 1.82) is 0 Å². The first-order valence-corrected chi connectivity index (χ1v) is 10.5. The number of primary amides is 1. The van der Waals surface area contributed by atoms with Crippen molar-refractivity contribution in [2.45, 2.75) is 31.6 Å². The van der Waals surface area contributed by atoms with E-state index < -0.39 is 5.91 Å². The Balaban J connectivity index is 1.67. The molecule has 1 aromatic carbocycles. The molecular formula is C20H24N4O4S. The molecular weight excluding hydrogens is 392 g/mol. The zero-order chi connectivity index (χ0) is 20.4. The van der Waals surface area contributed by atoms with Crippen LogP contribution in [0.1, 0.15) is 42.0 Å². The van der Waals surface area contributed by atoms with Gasteiger partial charge in [0.05, 0.1) is 12.0 Å². The van der Waals surface area contributed by atoms with Gasteiger partial charge in [-0.05, 0) is 37.0 Å². The fourth-order valence-corrected chi connectivity index (χ4v) is 4.97. The van der Waals surface area contributed by atoms with E-state index in [0.29, 0.717) is 23.7 Å². The third-order valence-electron chi connectivity index (χ3n) is 5.19. The summed E-state index contributed by atoms with van der Waals surface area (Å²) >= 11 is 1.63. The van der Waals surface area contributed by atoms with Gasteiger partial charge in [0.25, 0.3) is 5.91 Å². The Hall–Kier alpha value is -2.81. The molecule has 1 atom stereocenters. The Morgan fingerprint density at radius 2 is 2.10 bits per heavy atom. The van der Waals surface area contributed by atoms with E-state index in [4.69, 9.17) is 20.2 Å². The molecule has 0 radical (unpaired) electrons. The van der Waals surface area contributed by atoms with Gasteiger partial charge in [0.1, 0.15) is 5.82 Å². The van der Waals surface area contributed by atoms with Gasteiger partial charge in [0, 0.05) is 25.4 Å². The summed E-state index contributed by atoms with van der Waals surface area (Å²) < 4.78 is 10.8. The molecule has 3 N–H and O–H groups in total. The van der Waals surface area contributed by atoms with Gasteiger partial charge in [-0.2, -0.15) is 0 Å². The molecule has 1 saturated heterocycles. The molecule has 2 aromatic rings. The maximum Gasteiger partial charge on any atom is 0.255 e. The minimum absolute atomic E-state index is 0.0617. The first-order chi connectivity index (χ1) is 14.0. The maximum absolute atomic E-state index is 12.3. The second-order valence-corrected chi connectivity index (χ2v) is 8.24. The van der Waals surface area contributed by atoms with Crippen LogP contribution in [0.15, 0.2) is 18.2 Å². The molecule has 1 aromatic heterocycles. The summed E-state index contributed by atoms with van der Waals surface area (Å²) in [6.45, 7) is 1.76. The first kappa shape index (κ1) is 19.5. The second-order valence-electron chi connectivity index (χ2n) is 7.23. The molecule has 2 aliphatic rings. The summed E-state index contributed by atoms with van der Waals surface area (Å²) in [4.78, 5) is 31.5. The summed E-state index contributed by atoms with van der Waals surface area (Å²) in [5.41, 5.74) is 6.11. The molecule has 8 nitrogen and oxygen atoms in total. The molecule has 0 spiro atoms. The van der Waals surface area contributed by atoms with Crippen molar-refractivity contribution in [3.8, 4) is 11.5 Å². The standard InChI is InChI=1S/C20H24N4O4S/c1-27-14-6-5-12(9-15(14)28-11-16(21)25)13-10-17(26)22-19-18(13)29-20(23-19)24-7-3-2-4-8-24/h5-6,9,13H,2-4,7-8,10-11H2,1H3,(H2,21,25)(H,22,26)/t13-/m0/s1. The van der Waals surface area contributed by atoms with Crippen molar-refractivity contribution in [3.05, 3.63) is 28.6 Å². The lowest BCUT2D eigenvalue weighted by Gasteiger charge is -2.25. The number of aromatic nitrogens is 1. The number of hydrogen-bond acceptors (Lipinski definition) is 7. The van der Waals surface area contributed by atoms with Crippen molar-refractivity contribution < 1.29 is 19.1 Å². The van der Waals surface area contributed by atoms with E-state index in [9.17, 15) is 9.59 Å². The van der Waals surface area contributed by atoms with Gasteiger partial charge in [-0.15, -0.1) is 0 Å². The summed E-state index contributed by atoms with van der Waals surface area (Å²) in [5.74, 6) is 0.827. The molecule has 0 bridgehead atoms. The summed E-state index contributed by atoms with van der Waals surface area (Å²) in [7, 11) is 1.53. The van der Waals surface area contributed by atoms with E-state index in [-0.39, 0.29) is 18.4 Å². The minimum atomic E-state index is -0.564. The highest BCUT2D eigenvalue weighted by atomic mass is 32.1. The zero-order valence-electron chi connectivity index (χ0n) is 16.3. The van der Waals surface area contributed by atoms with Crippen molar-refractivity contribution in [3.63, 3.8) is 0 Å². The molecule has 154 valence electrons. The third kappa shape index (κ3) is 4.14. The zero-order valence-corrected chi connectivity index (χ0v) is 17.1. The van der Waals surface area contributed by atoms with Crippen LogP contribution in [0.2, 0.25) is 0 Å². The number of nitrogens with two attached hydrogens (primary N) is 1. The lowest BCUT2D eigenvalue weighted by Crippen LogP contribution is -2.29. The maximum atomic E-state index is 12.3. The van der Waals surface area contributed by atoms with E-state index in [1.165, 1.54) is 26.4 Å². The summed E-state index contributed by atoms with van der Waals surface area (Å²) in [5, 5.41) is 3.87. The number of benzene rings is 1. The number of ether oxygens (including phenoxy) is 2. The van der Waals surface area contributed by atoms with E-state index in [1.54, 1.807) is 17.4 Å². The van der Waals surface area contributed by atoms with Gasteiger partial charge in [-0.3, -0.25) is 9.59 Å². The predicted molar refractivity (Wildman–Crippen MR) is 111 cm³/mol. The van der Waals surface area contributed by atoms with Crippen LogP contribution in [-0.4, -0.2) is 43.6 Å². The number of rotatable bonds is 6. The molecule has 4 rings (SSSR count). The van der Waals surface area contributed by atoms with Crippen molar-refractivity contribution in [2.24, 2.45) is 5.73 Å². The van der Waals surface area contributed by atoms with Crippen LogP contribution in [0.4, 0.5) is 10.9 Å². The van der Waals surface area contributed by atoms with Crippen molar-refractivity contribution in [1.82, 2.24) is 4.98 Å². The number of methoxy groups -OCH3 is 1. The summed E-state index contributed by atoms with van der Waals surface area (Å²) in [6.07, 6.45) is 3.91. The number of thiazole rings is 1. The molecule has 9 heteroatoms. The largest absolute Gasteiger partial charge is 0.493 e. The molecule has 0 saturated carbocycles. The van der Waals surface area contributed by atoms with Crippen LogP contribution in [0.5, 0.6) is 11.5 Å². The predicted octanol–water partition coefficient (Wildman–Crippen LogP) is 2.48. The first-order valence-electron chi connectivity index (χ1n) is 9.69. The number of fused-ring (bicyclic) bond motifs is 1. The van der Waals surface area contributed by atoms with Gasteiger partial charge >= 0.3 is 0 Å². The fourth-order valence-electron chi connectivity index (χ4n) is 3.77. The van der Waals surface area contributed by atoms with Crippen LogP contribution < -0.4 is 25.4 Å². The Labute approximate surface area is 173 Å². The van der Waals surface area contributed by atoms with Crippen molar-refractivity contribution in [2.75, 3.05) is 37.0 Å². The summed E-state index contributed by atoms with van der Waals surface area (Å²) in [6, 6.07) is 5.52. The number of amides is 2. The molecule has 29 heavy (non-hydrogen) atoms. The van der Waals surface area contributed by atoms with Crippen LogP contribution >= 0.6 is 11.3 Å². The normalized spacial score (nSPS) is 18.7. The van der Waals surface area contributed by atoms with Crippen molar-refractivity contribution >= 4 is 34.1 Å². The quantitative estimate of drug-likeness (QED) is 0.749. The van der Waals surface area contributed by atoms with E-state index in [0.717, 1.165) is 28.7 Å². The SMILES string of the molecule is COc1ccc([C@@H]2CC(=O)Nc3nc(N4CCCCC4)sc32)cc1OCC(N)=O. The number of anilines is 2. The molecule has 0 unspecified atom stereocenters. The minimum Gasteiger partial charge on any atom is -0.493 e. The smallest absolute Gasteiger partial charge is 0.255 e. The topological polar surface area (TPSA) is 107 Å². The molecule has 1 fully saturated rings. The molecule has 3 heterocycles. The number of nitrogens with zero attached hydrogens (tertiary/aromatic N) is 2. The van der Waals surface area contributed by atoms with Gasteiger partial charge in [0.15, 0.2) is 23.2 Å². The lowest BCUT2D eigenvalue weighted by molar-refractivity contribution is -0.120. The van der Waals surface area contributed by atoms with Crippen LogP contribution in [0, 0.1) is 0 Å². The van der Waals surface area contributed by atoms with Gasteiger partial charge in [-0.1, -0.05) is 17.4 Å². The molecule has 2 amide bonds. The highest BCUT2D eigenvalue weighted by molar-refractivity contribution is 7.16. The Kier molecular flexibility index (Phi) is 5.57. The van der Waals surface area contributed by atoms with E-state index in [1.807, 2.05) is 12.1 Å². The average molecular weight is 417 g/mol. The lowest BCUT2D eigenvalue weighted by atomic mass is 9.91. The second kappa shape index (κ2) is 8.28. The highest BCUT2D eigenvalue weighted by Crippen LogP contribution is 2.45. The molecule has 2 aliphatic heterocycles. The third-order valence-corrected chi connectivity index (χ3v) is 6.42. The number of carbonyl (C=O) groups is 2. The van der Waals surface area contributed by atoms with Crippen LogP contribution in [-0.2, 0) is 9.59 Å². The van der Waals surface area contributed by atoms with E-state index >= 15 is 0 Å². The van der Waals surface area contributed by atoms with Gasteiger partial charge in [0.2, 0.25) is 5.91 Å².